The number of hydrogen-bond donors (Lipinski definition) is 0. The van der Waals surface area contributed by atoms with Gasteiger partial charge in [0.2, 0.25) is 0 Å². The molecular formula is C5H5BrClNS. The number of nitrogens with zero attached hydrogens (tertiary/aromatic N) is 1. The number of hydrogen-bond acceptors (Lipinski definition) is 2. The molecule has 1 aromatic rings. The lowest BCUT2D eigenvalue weighted by Gasteiger charge is -1.92. The number of alkyl halides is 1. The molecule has 1 atom stereocenters. The van der Waals surface area contributed by atoms with Crippen LogP contribution in [0.2, 0.25) is 4.34 Å². The molecule has 0 saturated carbocycles. The van der Waals surface area contributed by atoms with Crippen LogP contribution in [-0.2, 0) is 0 Å². The summed E-state index contributed by atoms with van der Waals surface area (Å²) in [7, 11) is 0. The number of aromatic nitrogens is 1. The molecule has 1 aromatic heterocycles. The van der Waals surface area contributed by atoms with Crippen molar-refractivity contribution in [2.24, 2.45) is 0 Å². The van der Waals surface area contributed by atoms with E-state index < -0.39 is 0 Å². The first kappa shape index (κ1) is 7.51. The zero-order valence-electron chi connectivity index (χ0n) is 4.77. The van der Waals surface area contributed by atoms with Crippen LogP contribution in [0.1, 0.15) is 17.4 Å². The summed E-state index contributed by atoms with van der Waals surface area (Å²) in [6, 6.07) is 1.87. The summed E-state index contributed by atoms with van der Waals surface area (Å²) in [6.45, 7) is 2.02. The maximum absolute atomic E-state index is 5.64. The predicted molar refractivity (Wildman–Crippen MR) is 44.5 cm³/mol. The van der Waals surface area contributed by atoms with E-state index in [1.54, 1.807) is 0 Å². The second-order valence-electron chi connectivity index (χ2n) is 1.67. The van der Waals surface area contributed by atoms with Crippen LogP contribution in [0.5, 0.6) is 0 Å². The Morgan fingerprint density at radius 1 is 1.89 bits per heavy atom. The van der Waals surface area contributed by atoms with E-state index in [1.165, 1.54) is 11.5 Å². The zero-order valence-corrected chi connectivity index (χ0v) is 7.92. The average molecular weight is 227 g/mol. The SMILES string of the molecule is CC(Br)c1cc(Cl)sn1. The first-order chi connectivity index (χ1) is 4.20. The van der Waals surface area contributed by atoms with Crippen LogP contribution in [0, 0.1) is 0 Å². The molecule has 1 heterocycles. The van der Waals surface area contributed by atoms with E-state index in [-0.39, 0.29) is 0 Å². The Labute approximate surface area is 71.3 Å². The first-order valence-corrected chi connectivity index (χ1v) is 4.53. The summed E-state index contributed by atoms with van der Waals surface area (Å²) in [6.07, 6.45) is 0. The second kappa shape index (κ2) is 2.99. The molecule has 1 rings (SSSR count). The van der Waals surface area contributed by atoms with Crippen LogP contribution in [0.3, 0.4) is 0 Å². The second-order valence-corrected chi connectivity index (χ2v) is 4.48. The molecule has 0 bridgehead atoms. The lowest BCUT2D eigenvalue weighted by molar-refractivity contribution is 1.07. The van der Waals surface area contributed by atoms with Gasteiger partial charge in [0.05, 0.1) is 10.5 Å². The third-order valence-electron chi connectivity index (χ3n) is 0.907. The van der Waals surface area contributed by atoms with Crippen molar-refractivity contribution in [1.82, 2.24) is 4.37 Å². The van der Waals surface area contributed by atoms with Gasteiger partial charge in [-0.3, -0.25) is 0 Å². The maximum atomic E-state index is 5.64. The Morgan fingerprint density at radius 2 is 2.56 bits per heavy atom. The van der Waals surface area contributed by atoms with E-state index in [0.29, 0.717) is 4.83 Å². The largest absolute Gasteiger partial charge is 0.195 e. The third-order valence-corrected chi connectivity index (χ3v) is 2.29. The van der Waals surface area contributed by atoms with Gasteiger partial charge in [-0.25, -0.2) is 0 Å². The van der Waals surface area contributed by atoms with Gasteiger partial charge in [-0.05, 0) is 24.5 Å². The van der Waals surface area contributed by atoms with Crippen molar-refractivity contribution in [2.75, 3.05) is 0 Å². The molecule has 9 heavy (non-hydrogen) atoms. The summed E-state index contributed by atoms with van der Waals surface area (Å²) in [4.78, 5) is 0.307. The van der Waals surface area contributed by atoms with Gasteiger partial charge in [0, 0.05) is 0 Å². The van der Waals surface area contributed by atoms with Gasteiger partial charge < -0.3 is 0 Å². The van der Waals surface area contributed by atoms with Gasteiger partial charge in [-0.1, -0.05) is 27.5 Å². The molecule has 1 unspecified atom stereocenters. The summed E-state index contributed by atoms with van der Waals surface area (Å²) < 4.78 is 4.82. The standard InChI is InChI=1S/C5H5BrClNS/c1-3(6)4-2-5(7)9-8-4/h2-3H,1H3. The maximum Gasteiger partial charge on any atom is 0.114 e. The van der Waals surface area contributed by atoms with Crippen LogP contribution in [-0.4, -0.2) is 4.37 Å². The normalized spacial score (nSPS) is 13.7. The monoisotopic (exact) mass is 225 g/mol. The van der Waals surface area contributed by atoms with Gasteiger partial charge >= 0.3 is 0 Å². The molecule has 50 valence electrons. The van der Waals surface area contributed by atoms with E-state index in [4.69, 9.17) is 11.6 Å². The highest BCUT2D eigenvalue weighted by atomic mass is 79.9. The summed E-state index contributed by atoms with van der Waals surface area (Å²) in [5.41, 5.74) is 1.00. The van der Waals surface area contributed by atoms with Crippen molar-refractivity contribution in [2.45, 2.75) is 11.8 Å². The molecule has 4 heteroatoms. The van der Waals surface area contributed by atoms with E-state index in [9.17, 15) is 0 Å². The van der Waals surface area contributed by atoms with Crippen molar-refractivity contribution in [3.8, 4) is 0 Å². The quantitative estimate of drug-likeness (QED) is 0.670. The Balaban J connectivity index is 2.85. The predicted octanol–water partition coefficient (Wildman–Crippen LogP) is 3.25. The lowest BCUT2D eigenvalue weighted by atomic mass is 10.3. The first-order valence-electron chi connectivity index (χ1n) is 2.46. The molecule has 0 radical (unpaired) electrons. The van der Waals surface area contributed by atoms with Crippen molar-refractivity contribution < 1.29 is 0 Å². The smallest absolute Gasteiger partial charge is 0.114 e. The van der Waals surface area contributed by atoms with Crippen LogP contribution in [0.25, 0.3) is 0 Å². The molecular weight excluding hydrogens is 221 g/mol. The molecule has 0 aliphatic carbocycles. The molecule has 0 aliphatic heterocycles. The molecule has 0 saturated heterocycles. The fourth-order valence-electron chi connectivity index (χ4n) is 0.453. The fourth-order valence-corrected chi connectivity index (χ4v) is 1.61. The van der Waals surface area contributed by atoms with E-state index in [1.807, 2.05) is 13.0 Å². The minimum atomic E-state index is 0.307. The molecule has 0 N–H and O–H groups in total. The molecule has 1 nitrogen and oxygen atoms in total. The zero-order chi connectivity index (χ0) is 6.85. The Kier molecular flexibility index (Phi) is 2.50. The topological polar surface area (TPSA) is 12.9 Å². The molecule has 0 spiro atoms. The lowest BCUT2D eigenvalue weighted by Crippen LogP contribution is -1.79. The molecule has 0 aliphatic rings. The third kappa shape index (κ3) is 1.92. The molecule has 0 fully saturated rings. The number of halogens is 2. The van der Waals surface area contributed by atoms with Crippen LogP contribution < -0.4 is 0 Å². The summed E-state index contributed by atoms with van der Waals surface area (Å²) in [5.74, 6) is 0. The average Bonchev–Trinajstić information content (AvgIpc) is 2.14. The Morgan fingerprint density at radius 3 is 2.78 bits per heavy atom. The molecule has 0 aromatic carbocycles. The van der Waals surface area contributed by atoms with Crippen LogP contribution in [0.15, 0.2) is 6.07 Å². The van der Waals surface area contributed by atoms with Crippen molar-refractivity contribution in [3.63, 3.8) is 0 Å². The van der Waals surface area contributed by atoms with E-state index in [2.05, 4.69) is 20.3 Å². The van der Waals surface area contributed by atoms with Crippen LogP contribution >= 0.6 is 39.1 Å². The van der Waals surface area contributed by atoms with Crippen LogP contribution in [0.4, 0.5) is 0 Å². The Bertz CT molecular complexity index is 199. The van der Waals surface area contributed by atoms with Gasteiger partial charge in [-0.15, -0.1) is 0 Å². The van der Waals surface area contributed by atoms with Gasteiger partial charge in [0.25, 0.3) is 0 Å². The summed E-state index contributed by atoms with van der Waals surface area (Å²) in [5, 5.41) is 0. The minimum Gasteiger partial charge on any atom is -0.195 e. The van der Waals surface area contributed by atoms with Crippen molar-refractivity contribution in [3.05, 3.63) is 16.1 Å². The highest BCUT2D eigenvalue weighted by Crippen LogP contribution is 2.25. The van der Waals surface area contributed by atoms with Gasteiger partial charge in [0.1, 0.15) is 4.34 Å². The van der Waals surface area contributed by atoms with Gasteiger partial charge in [-0.2, -0.15) is 4.37 Å². The van der Waals surface area contributed by atoms with E-state index >= 15 is 0 Å². The number of rotatable bonds is 1. The van der Waals surface area contributed by atoms with Gasteiger partial charge in [0.15, 0.2) is 0 Å². The summed E-state index contributed by atoms with van der Waals surface area (Å²) >= 11 is 10.3. The van der Waals surface area contributed by atoms with E-state index in [0.717, 1.165) is 10.0 Å². The van der Waals surface area contributed by atoms with Crippen molar-refractivity contribution in [1.29, 1.82) is 0 Å². The Hall–Kier alpha value is 0.400. The highest BCUT2D eigenvalue weighted by Gasteiger charge is 2.03. The highest BCUT2D eigenvalue weighted by molar-refractivity contribution is 9.09. The van der Waals surface area contributed by atoms with Crippen molar-refractivity contribution >= 4 is 39.1 Å². The fraction of sp³-hybridized carbons (Fsp3) is 0.400. The minimum absolute atomic E-state index is 0.307. The molecule has 0 amide bonds.